The molecular weight excluding hydrogens is 424 g/mol. The van der Waals surface area contributed by atoms with Gasteiger partial charge in [-0.05, 0) is 68.7 Å². The van der Waals surface area contributed by atoms with Crippen LogP contribution in [0.4, 0.5) is 5.69 Å². The monoisotopic (exact) mass is 448 g/mol. The Hall–Kier alpha value is -2.54. The molecule has 0 saturated heterocycles. The molecule has 0 bridgehead atoms. The van der Waals surface area contributed by atoms with E-state index in [1.54, 1.807) is 12.1 Å². The van der Waals surface area contributed by atoms with E-state index < -0.39 is 11.8 Å². The van der Waals surface area contributed by atoms with Gasteiger partial charge in [0.1, 0.15) is 0 Å². The molecule has 0 radical (unpaired) electrons. The molecule has 0 fully saturated rings. The number of anilines is 1. The summed E-state index contributed by atoms with van der Waals surface area (Å²) < 4.78 is 12.1. The van der Waals surface area contributed by atoms with E-state index >= 15 is 0 Å². The number of ether oxygens (including phenoxy) is 2. The smallest absolute Gasteiger partial charge is 0.313 e. The highest BCUT2D eigenvalue weighted by Gasteiger charge is 2.14. The SMILES string of the molecule is CCOc1ccc(CCNC(=O)C(=O)Nc2ccc(Br)c(C)c2)cc1OCC. The van der Waals surface area contributed by atoms with Gasteiger partial charge in [-0.3, -0.25) is 9.59 Å². The first-order valence-electron chi connectivity index (χ1n) is 9.18. The second-order valence-corrected chi connectivity index (χ2v) is 6.93. The first-order chi connectivity index (χ1) is 13.4. The Labute approximate surface area is 173 Å². The normalized spacial score (nSPS) is 10.3. The summed E-state index contributed by atoms with van der Waals surface area (Å²) in [7, 11) is 0. The summed E-state index contributed by atoms with van der Waals surface area (Å²) in [6.07, 6.45) is 0.572. The second-order valence-electron chi connectivity index (χ2n) is 6.07. The van der Waals surface area contributed by atoms with Crippen molar-refractivity contribution in [2.24, 2.45) is 0 Å². The molecule has 7 heteroatoms. The van der Waals surface area contributed by atoms with Crippen LogP contribution in [-0.4, -0.2) is 31.6 Å². The molecular formula is C21H25BrN2O4. The summed E-state index contributed by atoms with van der Waals surface area (Å²) in [4.78, 5) is 24.1. The highest BCUT2D eigenvalue weighted by atomic mass is 79.9. The average molecular weight is 449 g/mol. The highest BCUT2D eigenvalue weighted by Crippen LogP contribution is 2.28. The average Bonchev–Trinajstić information content (AvgIpc) is 2.67. The third-order valence-corrected chi connectivity index (χ3v) is 4.82. The third kappa shape index (κ3) is 6.27. The van der Waals surface area contributed by atoms with Gasteiger partial charge in [-0.15, -0.1) is 0 Å². The Morgan fingerprint density at radius 3 is 2.36 bits per heavy atom. The molecule has 150 valence electrons. The van der Waals surface area contributed by atoms with Crippen LogP contribution in [0.25, 0.3) is 0 Å². The van der Waals surface area contributed by atoms with Gasteiger partial charge in [-0.25, -0.2) is 0 Å². The minimum absolute atomic E-state index is 0.338. The molecule has 0 unspecified atom stereocenters. The van der Waals surface area contributed by atoms with Crippen LogP contribution in [0.5, 0.6) is 11.5 Å². The number of benzene rings is 2. The Kier molecular flexibility index (Phi) is 8.32. The van der Waals surface area contributed by atoms with Crippen molar-refractivity contribution in [3.8, 4) is 11.5 Å². The molecule has 6 nitrogen and oxygen atoms in total. The van der Waals surface area contributed by atoms with Crippen LogP contribution < -0.4 is 20.1 Å². The molecule has 0 aliphatic carbocycles. The van der Waals surface area contributed by atoms with Crippen LogP contribution in [-0.2, 0) is 16.0 Å². The minimum Gasteiger partial charge on any atom is -0.490 e. The van der Waals surface area contributed by atoms with Gasteiger partial charge in [0.15, 0.2) is 11.5 Å². The summed E-state index contributed by atoms with van der Waals surface area (Å²) in [6, 6.07) is 11.0. The van der Waals surface area contributed by atoms with E-state index in [0.717, 1.165) is 15.6 Å². The number of rotatable bonds is 8. The number of carbonyl (C=O) groups excluding carboxylic acids is 2. The Balaban J connectivity index is 1.87. The predicted octanol–water partition coefficient (Wildman–Crippen LogP) is 3.85. The van der Waals surface area contributed by atoms with Gasteiger partial charge < -0.3 is 20.1 Å². The van der Waals surface area contributed by atoms with Crippen molar-refractivity contribution in [1.29, 1.82) is 0 Å². The number of hydrogen-bond acceptors (Lipinski definition) is 4. The molecule has 0 aliphatic rings. The summed E-state index contributed by atoms with van der Waals surface area (Å²) >= 11 is 3.40. The zero-order chi connectivity index (χ0) is 20.5. The number of amides is 2. The fourth-order valence-electron chi connectivity index (χ4n) is 2.56. The largest absolute Gasteiger partial charge is 0.490 e. The minimum atomic E-state index is -0.691. The van der Waals surface area contributed by atoms with Crippen LogP contribution in [0.15, 0.2) is 40.9 Å². The maximum Gasteiger partial charge on any atom is 0.313 e. The number of halogens is 1. The zero-order valence-corrected chi connectivity index (χ0v) is 17.9. The van der Waals surface area contributed by atoms with E-state index in [-0.39, 0.29) is 0 Å². The maximum atomic E-state index is 12.0. The summed E-state index contributed by atoms with van der Waals surface area (Å²) in [5.74, 6) is 0.0118. The molecule has 0 spiro atoms. The summed E-state index contributed by atoms with van der Waals surface area (Å²) in [6.45, 7) is 7.17. The van der Waals surface area contributed by atoms with E-state index in [2.05, 4.69) is 26.6 Å². The molecule has 2 amide bonds. The van der Waals surface area contributed by atoms with Gasteiger partial charge in [0.2, 0.25) is 0 Å². The Morgan fingerprint density at radius 2 is 1.68 bits per heavy atom. The topological polar surface area (TPSA) is 76.7 Å². The molecule has 28 heavy (non-hydrogen) atoms. The van der Waals surface area contributed by atoms with E-state index in [1.165, 1.54) is 0 Å². The van der Waals surface area contributed by atoms with Gasteiger partial charge in [0.05, 0.1) is 13.2 Å². The molecule has 0 aliphatic heterocycles. The van der Waals surface area contributed by atoms with Crippen LogP contribution >= 0.6 is 15.9 Å². The van der Waals surface area contributed by atoms with Crippen molar-refractivity contribution in [2.45, 2.75) is 27.2 Å². The number of nitrogens with one attached hydrogen (secondary N) is 2. The van der Waals surface area contributed by atoms with E-state index in [0.29, 0.717) is 43.4 Å². The summed E-state index contributed by atoms with van der Waals surface area (Å²) in [5.41, 5.74) is 2.53. The first-order valence-corrected chi connectivity index (χ1v) is 9.97. The van der Waals surface area contributed by atoms with Crippen molar-refractivity contribution in [3.63, 3.8) is 0 Å². The number of hydrogen-bond donors (Lipinski definition) is 2. The zero-order valence-electron chi connectivity index (χ0n) is 16.3. The number of aryl methyl sites for hydroxylation is 1. The third-order valence-electron chi connectivity index (χ3n) is 3.93. The van der Waals surface area contributed by atoms with E-state index in [9.17, 15) is 9.59 Å². The summed E-state index contributed by atoms with van der Waals surface area (Å²) in [5, 5.41) is 5.23. The van der Waals surface area contributed by atoms with Gasteiger partial charge >= 0.3 is 11.8 Å². The molecule has 0 atom stereocenters. The van der Waals surface area contributed by atoms with Crippen LogP contribution in [0.2, 0.25) is 0 Å². The van der Waals surface area contributed by atoms with Crippen molar-refractivity contribution in [1.82, 2.24) is 5.32 Å². The quantitative estimate of drug-likeness (QED) is 0.601. The van der Waals surface area contributed by atoms with Crippen molar-refractivity contribution >= 4 is 33.4 Å². The highest BCUT2D eigenvalue weighted by molar-refractivity contribution is 9.10. The van der Waals surface area contributed by atoms with E-state index in [1.807, 2.05) is 45.0 Å². The lowest BCUT2D eigenvalue weighted by Crippen LogP contribution is -2.36. The molecule has 0 heterocycles. The van der Waals surface area contributed by atoms with Crippen LogP contribution in [0, 0.1) is 6.92 Å². The lowest BCUT2D eigenvalue weighted by Gasteiger charge is -2.12. The fourth-order valence-corrected chi connectivity index (χ4v) is 2.81. The molecule has 2 aromatic carbocycles. The first kappa shape index (κ1) is 21.8. The van der Waals surface area contributed by atoms with Gasteiger partial charge in [-0.2, -0.15) is 0 Å². The molecule has 2 aromatic rings. The molecule has 2 rings (SSSR count). The Bertz CT molecular complexity index is 839. The van der Waals surface area contributed by atoms with Gasteiger partial charge in [0, 0.05) is 16.7 Å². The molecule has 2 N–H and O–H groups in total. The van der Waals surface area contributed by atoms with Crippen molar-refractivity contribution in [2.75, 3.05) is 25.1 Å². The van der Waals surface area contributed by atoms with Crippen molar-refractivity contribution in [3.05, 3.63) is 52.0 Å². The second kappa shape index (κ2) is 10.7. The lowest BCUT2D eigenvalue weighted by molar-refractivity contribution is -0.136. The number of carbonyl (C=O) groups is 2. The van der Waals surface area contributed by atoms with Crippen LogP contribution in [0.3, 0.4) is 0 Å². The van der Waals surface area contributed by atoms with Gasteiger partial charge in [-0.1, -0.05) is 22.0 Å². The standard InChI is InChI=1S/C21H25BrN2O4/c1-4-27-18-9-6-15(13-19(18)28-5-2)10-11-23-20(25)21(26)24-16-7-8-17(22)14(3)12-16/h6-9,12-13H,4-5,10-11H2,1-3H3,(H,23,25)(H,24,26). The predicted molar refractivity (Wildman–Crippen MR) is 113 cm³/mol. The lowest BCUT2D eigenvalue weighted by atomic mass is 10.1. The Morgan fingerprint density at radius 1 is 0.964 bits per heavy atom. The van der Waals surface area contributed by atoms with Gasteiger partial charge in [0.25, 0.3) is 0 Å². The fraction of sp³-hybridized carbons (Fsp3) is 0.333. The molecule has 0 aromatic heterocycles. The van der Waals surface area contributed by atoms with Crippen LogP contribution in [0.1, 0.15) is 25.0 Å². The maximum absolute atomic E-state index is 12.0. The molecule has 0 saturated carbocycles. The van der Waals surface area contributed by atoms with E-state index in [4.69, 9.17) is 9.47 Å². The van der Waals surface area contributed by atoms with Crippen molar-refractivity contribution < 1.29 is 19.1 Å².